The van der Waals surface area contributed by atoms with Crippen LogP contribution >= 0.6 is 0 Å². The number of nitrogens with zero attached hydrogens (tertiary/aromatic N) is 1. The van der Waals surface area contributed by atoms with Crippen LogP contribution in [0.5, 0.6) is 0 Å². The van der Waals surface area contributed by atoms with Gasteiger partial charge in [0.15, 0.2) is 0 Å². The van der Waals surface area contributed by atoms with E-state index < -0.39 is 22.1 Å². The topological polar surface area (TPSA) is 63.7 Å². The normalized spacial score (nSPS) is 12.8. The Labute approximate surface area is 153 Å². The van der Waals surface area contributed by atoms with Crippen molar-refractivity contribution >= 4 is 16.0 Å². The van der Waals surface area contributed by atoms with Crippen LogP contribution in [0.25, 0.3) is 0 Å². The standard InChI is InChI=1S/C19H22FNO4S/c1-4-21(5-2)26(23,24)18-8-6-7-16(13-18)19(22)25-14(3)15-9-11-17(20)12-10-15/h6-14H,4-5H2,1-3H3/t14-/m1/s1. The van der Waals surface area contributed by atoms with E-state index in [0.717, 1.165) is 0 Å². The Morgan fingerprint density at radius 2 is 1.73 bits per heavy atom. The second-order valence-electron chi connectivity index (χ2n) is 5.72. The average Bonchev–Trinajstić information content (AvgIpc) is 2.63. The van der Waals surface area contributed by atoms with Gasteiger partial charge in [0.05, 0.1) is 10.5 Å². The van der Waals surface area contributed by atoms with E-state index in [1.807, 2.05) is 0 Å². The van der Waals surface area contributed by atoms with Gasteiger partial charge in [0.1, 0.15) is 11.9 Å². The van der Waals surface area contributed by atoms with Crippen molar-refractivity contribution in [2.75, 3.05) is 13.1 Å². The van der Waals surface area contributed by atoms with Crippen molar-refractivity contribution in [3.05, 3.63) is 65.5 Å². The van der Waals surface area contributed by atoms with Crippen LogP contribution in [0.15, 0.2) is 53.4 Å². The summed E-state index contributed by atoms with van der Waals surface area (Å²) < 4.78 is 44.8. The lowest BCUT2D eigenvalue weighted by atomic mass is 10.1. The molecule has 0 aromatic heterocycles. The van der Waals surface area contributed by atoms with Crippen LogP contribution in [0.4, 0.5) is 4.39 Å². The first-order chi connectivity index (χ1) is 12.3. The average molecular weight is 379 g/mol. The van der Waals surface area contributed by atoms with Crippen LogP contribution in [-0.4, -0.2) is 31.8 Å². The summed E-state index contributed by atoms with van der Waals surface area (Å²) in [5.41, 5.74) is 0.791. The molecule has 0 bridgehead atoms. The quantitative estimate of drug-likeness (QED) is 0.687. The smallest absolute Gasteiger partial charge is 0.338 e. The van der Waals surface area contributed by atoms with Gasteiger partial charge in [-0.15, -0.1) is 0 Å². The maximum Gasteiger partial charge on any atom is 0.338 e. The Morgan fingerprint density at radius 3 is 2.31 bits per heavy atom. The molecule has 2 rings (SSSR count). The molecule has 2 aromatic carbocycles. The van der Waals surface area contributed by atoms with Crippen molar-refractivity contribution in [1.29, 1.82) is 0 Å². The molecule has 0 fully saturated rings. The number of halogens is 1. The lowest BCUT2D eigenvalue weighted by Crippen LogP contribution is -2.30. The molecule has 0 N–H and O–H groups in total. The largest absolute Gasteiger partial charge is 0.454 e. The van der Waals surface area contributed by atoms with Gasteiger partial charge in [0, 0.05) is 13.1 Å². The van der Waals surface area contributed by atoms with Crippen LogP contribution in [0.3, 0.4) is 0 Å². The lowest BCUT2D eigenvalue weighted by Gasteiger charge is -2.19. The molecule has 5 nitrogen and oxygen atoms in total. The highest BCUT2D eigenvalue weighted by Crippen LogP contribution is 2.21. The van der Waals surface area contributed by atoms with Gasteiger partial charge < -0.3 is 4.74 Å². The Hall–Kier alpha value is -2.25. The zero-order valence-electron chi connectivity index (χ0n) is 15.0. The number of esters is 1. The highest BCUT2D eigenvalue weighted by Gasteiger charge is 2.23. The van der Waals surface area contributed by atoms with E-state index >= 15 is 0 Å². The molecule has 0 spiro atoms. The van der Waals surface area contributed by atoms with E-state index in [4.69, 9.17) is 4.74 Å². The number of benzene rings is 2. The predicted molar refractivity (Wildman–Crippen MR) is 96.8 cm³/mol. The minimum atomic E-state index is -3.66. The number of carbonyl (C=O) groups excluding carboxylic acids is 1. The molecule has 140 valence electrons. The number of carbonyl (C=O) groups is 1. The van der Waals surface area contributed by atoms with Crippen LogP contribution < -0.4 is 0 Å². The van der Waals surface area contributed by atoms with Crippen molar-refractivity contribution in [3.8, 4) is 0 Å². The van der Waals surface area contributed by atoms with Crippen molar-refractivity contribution in [2.45, 2.75) is 31.8 Å². The minimum Gasteiger partial charge on any atom is -0.454 e. The van der Waals surface area contributed by atoms with Crippen molar-refractivity contribution in [3.63, 3.8) is 0 Å². The van der Waals surface area contributed by atoms with Crippen LogP contribution in [0.2, 0.25) is 0 Å². The molecule has 0 radical (unpaired) electrons. The minimum absolute atomic E-state index is 0.0464. The van der Waals surface area contributed by atoms with Crippen LogP contribution in [0.1, 0.15) is 42.8 Å². The Balaban J connectivity index is 2.21. The first-order valence-electron chi connectivity index (χ1n) is 8.36. The number of hydrogen-bond donors (Lipinski definition) is 0. The first kappa shape index (κ1) is 20.1. The van der Waals surface area contributed by atoms with Gasteiger partial charge in [-0.25, -0.2) is 17.6 Å². The first-order valence-corrected chi connectivity index (χ1v) is 9.80. The molecule has 26 heavy (non-hydrogen) atoms. The monoisotopic (exact) mass is 379 g/mol. The SMILES string of the molecule is CCN(CC)S(=O)(=O)c1cccc(C(=O)O[C@H](C)c2ccc(F)cc2)c1. The molecular formula is C19H22FNO4S. The fraction of sp³-hybridized carbons (Fsp3) is 0.316. The highest BCUT2D eigenvalue weighted by molar-refractivity contribution is 7.89. The van der Waals surface area contributed by atoms with E-state index in [1.165, 1.54) is 52.8 Å². The van der Waals surface area contributed by atoms with E-state index in [2.05, 4.69) is 0 Å². The molecule has 7 heteroatoms. The maximum atomic E-state index is 13.0. The van der Waals surface area contributed by atoms with E-state index in [-0.39, 0.29) is 16.3 Å². The zero-order chi connectivity index (χ0) is 19.3. The molecule has 2 aromatic rings. The van der Waals surface area contributed by atoms with Gasteiger partial charge in [-0.1, -0.05) is 32.0 Å². The zero-order valence-corrected chi connectivity index (χ0v) is 15.8. The third kappa shape index (κ3) is 4.47. The summed E-state index contributed by atoms with van der Waals surface area (Å²) in [6.45, 7) is 5.86. The van der Waals surface area contributed by atoms with Crippen molar-refractivity contribution < 1.29 is 22.3 Å². The van der Waals surface area contributed by atoms with Crippen molar-refractivity contribution in [2.24, 2.45) is 0 Å². The van der Waals surface area contributed by atoms with Crippen LogP contribution in [-0.2, 0) is 14.8 Å². The summed E-state index contributed by atoms with van der Waals surface area (Å²) in [6, 6.07) is 11.4. The molecule has 0 saturated heterocycles. The Kier molecular flexibility index (Phi) is 6.50. The Morgan fingerprint density at radius 1 is 1.12 bits per heavy atom. The van der Waals surface area contributed by atoms with Crippen molar-refractivity contribution in [1.82, 2.24) is 4.31 Å². The molecule has 0 aliphatic heterocycles. The number of sulfonamides is 1. The summed E-state index contributed by atoms with van der Waals surface area (Å²) >= 11 is 0. The Bertz CT molecular complexity index is 861. The fourth-order valence-electron chi connectivity index (χ4n) is 2.53. The van der Waals surface area contributed by atoms with Gasteiger partial charge in [-0.05, 0) is 42.8 Å². The summed E-state index contributed by atoms with van der Waals surface area (Å²) in [7, 11) is -3.66. The molecular weight excluding hydrogens is 357 g/mol. The van der Waals surface area contributed by atoms with Gasteiger partial charge in [-0.2, -0.15) is 4.31 Å². The molecule has 0 unspecified atom stereocenters. The van der Waals surface area contributed by atoms with Gasteiger partial charge in [0.2, 0.25) is 10.0 Å². The van der Waals surface area contributed by atoms with Gasteiger partial charge >= 0.3 is 5.97 Å². The summed E-state index contributed by atoms with van der Waals surface area (Å²) in [6.07, 6.45) is -0.592. The maximum absolute atomic E-state index is 13.0. The molecule has 1 atom stereocenters. The molecule has 0 amide bonds. The third-order valence-corrected chi connectivity index (χ3v) is 6.08. The lowest BCUT2D eigenvalue weighted by molar-refractivity contribution is 0.0337. The summed E-state index contributed by atoms with van der Waals surface area (Å²) in [5.74, 6) is -1.01. The van der Waals surface area contributed by atoms with E-state index in [9.17, 15) is 17.6 Å². The van der Waals surface area contributed by atoms with Crippen LogP contribution in [0, 0.1) is 5.82 Å². The van der Waals surface area contributed by atoms with E-state index in [0.29, 0.717) is 18.7 Å². The second kappa shape index (κ2) is 8.42. The number of hydrogen-bond acceptors (Lipinski definition) is 4. The second-order valence-corrected chi connectivity index (χ2v) is 7.65. The molecule has 0 heterocycles. The van der Waals surface area contributed by atoms with Gasteiger partial charge in [0.25, 0.3) is 0 Å². The summed E-state index contributed by atoms with van der Waals surface area (Å²) in [4.78, 5) is 12.4. The van der Waals surface area contributed by atoms with E-state index in [1.54, 1.807) is 20.8 Å². The summed E-state index contributed by atoms with van der Waals surface area (Å²) in [5, 5.41) is 0. The molecule has 0 saturated carbocycles. The highest BCUT2D eigenvalue weighted by atomic mass is 32.2. The van der Waals surface area contributed by atoms with Gasteiger partial charge in [-0.3, -0.25) is 0 Å². The molecule has 0 aliphatic rings. The fourth-order valence-corrected chi connectivity index (χ4v) is 4.03. The number of rotatable bonds is 7. The predicted octanol–water partition coefficient (Wildman–Crippen LogP) is 3.77. The third-order valence-electron chi connectivity index (χ3n) is 4.04. The molecule has 0 aliphatic carbocycles. The number of ether oxygens (including phenoxy) is 1.